The van der Waals surface area contributed by atoms with Crippen LogP contribution in [0.2, 0.25) is 0 Å². The van der Waals surface area contributed by atoms with Crippen molar-refractivity contribution in [2.24, 2.45) is 11.3 Å². The van der Waals surface area contributed by atoms with Gasteiger partial charge < -0.3 is 19.8 Å². The van der Waals surface area contributed by atoms with E-state index in [1.165, 1.54) is 0 Å². The number of sulfonamides is 1. The Balaban J connectivity index is 1.42. The van der Waals surface area contributed by atoms with Gasteiger partial charge >= 0.3 is 0 Å². The molecule has 2 fully saturated rings. The topological polar surface area (TPSA) is 137 Å². The lowest BCUT2D eigenvalue weighted by Crippen LogP contribution is -2.49. The third-order valence-electron chi connectivity index (χ3n) is 8.79. The maximum atomic E-state index is 13.6. The average molecular weight is 595 g/mol. The molecule has 12 nitrogen and oxygen atoms in total. The fourth-order valence-electron chi connectivity index (χ4n) is 6.44. The highest BCUT2D eigenvalue weighted by Crippen LogP contribution is 2.38. The lowest BCUT2D eigenvalue weighted by Gasteiger charge is -2.43. The minimum absolute atomic E-state index is 0.0441. The van der Waals surface area contributed by atoms with E-state index in [0.29, 0.717) is 24.5 Å². The van der Waals surface area contributed by atoms with Gasteiger partial charge in [-0.3, -0.25) is 9.52 Å². The second-order valence-corrected chi connectivity index (χ2v) is 13.9. The van der Waals surface area contributed by atoms with Gasteiger partial charge in [0.05, 0.1) is 41.5 Å². The molecule has 2 saturated heterocycles. The Morgan fingerprint density at radius 1 is 1.10 bits per heavy atom. The molecule has 0 radical (unpaired) electrons. The third-order valence-corrected chi connectivity index (χ3v) is 10.1. The number of hydrogen-bond donors (Lipinski definition) is 2. The molecule has 8 bridgehead atoms. The fourth-order valence-corrected chi connectivity index (χ4v) is 7.27. The number of nitrogens with one attached hydrogen (secondary N) is 1. The molecular weight excluding hydrogens is 556 g/mol. The normalized spacial score (nSPS) is 22.9. The van der Waals surface area contributed by atoms with Crippen molar-refractivity contribution in [3.8, 4) is 16.9 Å². The van der Waals surface area contributed by atoms with Crippen LogP contribution in [0.3, 0.4) is 0 Å². The Bertz CT molecular complexity index is 1570. The molecule has 224 valence electrons. The summed E-state index contributed by atoms with van der Waals surface area (Å²) in [4.78, 5) is 24.6. The molecule has 2 N–H and O–H groups in total. The molecule has 2 aromatic heterocycles. The number of anilines is 3. The van der Waals surface area contributed by atoms with Gasteiger partial charge in [-0.25, -0.2) is 18.1 Å². The number of benzene rings is 1. The lowest BCUT2D eigenvalue weighted by molar-refractivity contribution is -0.136. The van der Waals surface area contributed by atoms with Crippen LogP contribution in [-0.2, 0) is 14.8 Å². The smallest absolute Gasteiger partial charge is 0.234 e. The van der Waals surface area contributed by atoms with E-state index in [0.717, 1.165) is 68.1 Å². The summed E-state index contributed by atoms with van der Waals surface area (Å²) in [5, 5.41) is 18.1. The highest BCUT2D eigenvalue weighted by molar-refractivity contribution is 7.92. The molecule has 0 saturated carbocycles. The summed E-state index contributed by atoms with van der Waals surface area (Å²) in [6, 6.07) is 9.27. The Morgan fingerprint density at radius 3 is 2.69 bits per heavy atom. The van der Waals surface area contributed by atoms with Gasteiger partial charge in [0.25, 0.3) is 0 Å². The van der Waals surface area contributed by atoms with Crippen LogP contribution in [0, 0.1) is 11.3 Å². The van der Waals surface area contributed by atoms with Crippen molar-refractivity contribution >= 4 is 33.1 Å². The van der Waals surface area contributed by atoms with Gasteiger partial charge in [0.2, 0.25) is 15.9 Å². The van der Waals surface area contributed by atoms with E-state index in [1.54, 1.807) is 16.9 Å². The van der Waals surface area contributed by atoms with Gasteiger partial charge in [0, 0.05) is 51.5 Å². The third kappa shape index (κ3) is 5.80. The molecule has 3 aromatic rings. The van der Waals surface area contributed by atoms with Crippen LogP contribution in [0.25, 0.3) is 16.9 Å². The minimum Gasteiger partial charge on any atom is -0.395 e. The molecule has 1 unspecified atom stereocenters. The van der Waals surface area contributed by atoms with E-state index in [2.05, 4.69) is 36.7 Å². The number of nitrogens with zero attached hydrogens (tertiary/aromatic N) is 7. The number of piperidine rings is 2. The summed E-state index contributed by atoms with van der Waals surface area (Å²) in [7, 11) is -1.76. The predicted octanol–water partition coefficient (Wildman–Crippen LogP) is 2.36. The Kier molecular flexibility index (Phi) is 7.56. The van der Waals surface area contributed by atoms with Crippen molar-refractivity contribution in [3.05, 3.63) is 42.7 Å². The van der Waals surface area contributed by atoms with Gasteiger partial charge in [-0.05, 0) is 61.4 Å². The second-order valence-electron chi connectivity index (χ2n) is 12.1. The number of pyridine rings is 1. The lowest BCUT2D eigenvalue weighted by atomic mass is 9.79. The second kappa shape index (κ2) is 11.2. The van der Waals surface area contributed by atoms with Gasteiger partial charge in [-0.15, -0.1) is 5.10 Å². The molecule has 1 amide bonds. The first kappa shape index (κ1) is 28.4. The molecule has 0 aliphatic carbocycles. The van der Waals surface area contributed by atoms with Gasteiger partial charge in [0.1, 0.15) is 11.5 Å². The predicted molar refractivity (Wildman–Crippen MR) is 161 cm³/mol. The summed E-state index contributed by atoms with van der Waals surface area (Å²) >= 11 is 0. The van der Waals surface area contributed by atoms with Crippen LogP contribution in [0.5, 0.6) is 0 Å². The molecule has 4 aliphatic rings. The van der Waals surface area contributed by atoms with Crippen LogP contribution < -0.4 is 14.5 Å². The number of rotatable bonds is 4. The summed E-state index contributed by atoms with van der Waals surface area (Å²) in [6.07, 6.45) is 7.20. The average Bonchev–Trinajstić information content (AvgIpc) is 3.47. The fraction of sp³-hybridized carbons (Fsp3) is 0.517. The van der Waals surface area contributed by atoms with Crippen LogP contribution in [0.15, 0.2) is 42.7 Å². The zero-order valence-electron chi connectivity index (χ0n) is 24.1. The number of aliphatic hydroxyl groups excluding tert-OH is 1. The minimum atomic E-state index is -3.69. The van der Waals surface area contributed by atoms with Crippen LogP contribution in [0.1, 0.15) is 32.6 Å². The first-order valence-corrected chi connectivity index (χ1v) is 16.2. The molecule has 6 heterocycles. The maximum absolute atomic E-state index is 13.6. The molecule has 42 heavy (non-hydrogen) atoms. The number of hydrogen-bond acceptors (Lipinski definition) is 9. The first-order valence-electron chi connectivity index (χ1n) is 14.5. The summed E-state index contributed by atoms with van der Waals surface area (Å²) in [5.41, 5.74) is 3.55. The molecule has 4 aliphatic heterocycles. The Morgan fingerprint density at radius 2 is 1.90 bits per heavy atom. The van der Waals surface area contributed by atoms with E-state index >= 15 is 0 Å². The molecule has 13 heteroatoms. The van der Waals surface area contributed by atoms with Crippen LogP contribution >= 0.6 is 0 Å². The highest BCUT2D eigenvalue weighted by atomic mass is 32.2. The zero-order chi connectivity index (χ0) is 29.5. The standard InChI is InChI=1S/C29H38N8O4S/c1-29-8-12-35(13-9-29)26-17-23(32-42(40,41)15-14-38)5-6-25(26)37-19-24(31-33-37)21-7-10-30-27(16-21)36-11-3-4-22(18-36)28(39)34(2)20-29/h5-7,10,16-17,19,22,32,38H,3-4,8-9,11-15,18,20H2,1-2H3. The Hall–Kier alpha value is -3.71. The van der Waals surface area contributed by atoms with Crippen molar-refractivity contribution in [2.75, 3.05) is 66.7 Å². The van der Waals surface area contributed by atoms with Crippen molar-refractivity contribution in [1.29, 1.82) is 0 Å². The molecule has 1 aromatic carbocycles. The van der Waals surface area contributed by atoms with E-state index in [1.807, 2.05) is 42.4 Å². The number of carbonyl (C=O) groups excluding carboxylic acids is 1. The molecular formula is C29H38N8O4S. The van der Waals surface area contributed by atoms with Crippen LogP contribution in [0.4, 0.5) is 17.2 Å². The first-order chi connectivity index (χ1) is 20.1. The van der Waals surface area contributed by atoms with Crippen molar-refractivity contribution in [3.63, 3.8) is 0 Å². The van der Waals surface area contributed by atoms with Gasteiger partial charge in [-0.1, -0.05) is 12.1 Å². The SMILES string of the molecule is CN1CC2(C)CCN(CC2)c2cc(NS(=O)(=O)CCO)ccc2-n2cc(nn2)-c2ccnc(c2)N2CCCC(C2)C1=O. The summed E-state index contributed by atoms with van der Waals surface area (Å²) in [6.45, 7) is 5.45. The van der Waals surface area contributed by atoms with Gasteiger partial charge in [-0.2, -0.15) is 0 Å². The largest absolute Gasteiger partial charge is 0.395 e. The summed E-state index contributed by atoms with van der Waals surface area (Å²) < 4.78 is 29.2. The summed E-state index contributed by atoms with van der Waals surface area (Å²) in [5.74, 6) is 0.559. The monoisotopic (exact) mass is 594 g/mol. The zero-order valence-corrected chi connectivity index (χ0v) is 24.9. The van der Waals surface area contributed by atoms with E-state index < -0.39 is 16.6 Å². The van der Waals surface area contributed by atoms with Crippen molar-refractivity contribution in [2.45, 2.75) is 32.6 Å². The van der Waals surface area contributed by atoms with E-state index in [9.17, 15) is 18.3 Å². The number of fused-ring (bicyclic) bond motifs is 4. The van der Waals surface area contributed by atoms with Crippen LogP contribution in [-0.4, -0.2) is 96.4 Å². The number of aliphatic hydroxyl groups is 1. The molecule has 0 spiro atoms. The molecule has 1 atom stereocenters. The quantitative estimate of drug-likeness (QED) is 0.466. The maximum Gasteiger partial charge on any atom is 0.234 e. The van der Waals surface area contributed by atoms with Crippen molar-refractivity contribution < 1.29 is 18.3 Å². The Labute approximate surface area is 246 Å². The number of aromatic nitrogens is 4. The van der Waals surface area contributed by atoms with E-state index in [-0.39, 0.29) is 23.0 Å². The number of amides is 1. The van der Waals surface area contributed by atoms with Gasteiger partial charge in [0.15, 0.2) is 0 Å². The molecule has 7 rings (SSSR count). The highest BCUT2D eigenvalue weighted by Gasteiger charge is 2.36. The number of carbonyl (C=O) groups is 1. The van der Waals surface area contributed by atoms with Crippen molar-refractivity contribution in [1.82, 2.24) is 24.9 Å². The van der Waals surface area contributed by atoms with E-state index in [4.69, 9.17) is 0 Å².